The van der Waals surface area contributed by atoms with Crippen molar-refractivity contribution in [2.24, 2.45) is 11.8 Å². The van der Waals surface area contributed by atoms with Crippen LogP contribution in [0.5, 0.6) is 0 Å². The first-order valence-corrected chi connectivity index (χ1v) is 60.6. The van der Waals surface area contributed by atoms with Crippen LogP contribution in [0.15, 0.2) is 0 Å². The quantitative estimate of drug-likeness (QED) is 0.0182. The number of hydrogen-bond acceptors (Lipinski definition) is 24. The molecule has 0 aliphatic rings. The van der Waals surface area contributed by atoms with Gasteiger partial charge in [0.2, 0.25) is 39.3 Å². The van der Waals surface area contributed by atoms with Gasteiger partial charge in [0.25, 0.3) is 51.2 Å². The second kappa shape index (κ2) is 98.6. The van der Waals surface area contributed by atoms with Gasteiger partial charge in [0.15, 0.2) is 0 Å². The fraction of sp³-hybridized carbons (Fsp3) is 0.942. The predicted molar refractivity (Wildman–Crippen MR) is 620 cm³/mol. The van der Waals surface area contributed by atoms with Gasteiger partial charge in [-0.2, -0.15) is 0 Å². The molecule has 0 aromatic heterocycles. The van der Waals surface area contributed by atoms with Crippen molar-refractivity contribution in [3.8, 4) is 0 Å². The minimum atomic E-state index is -1.39. The number of nitrogens with zero attached hydrogens (tertiary/aromatic N) is 12. The van der Waals surface area contributed by atoms with Crippen LogP contribution in [0.2, 0.25) is 0 Å². The third kappa shape index (κ3) is 79.4. The Kier molecular flexibility index (Phi) is 106. The summed E-state index contributed by atoms with van der Waals surface area (Å²) in [6.07, 6.45) is -1.94. The van der Waals surface area contributed by atoms with Crippen molar-refractivity contribution in [3.63, 3.8) is 0 Å². The lowest BCUT2D eigenvalue weighted by molar-refractivity contribution is -0.0537. The van der Waals surface area contributed by atoms with Crippen molar-refractivity contribution in [3.05, 3.63) is 68.5 Å². The second-order valence-electron chi connectivity index (χ2n) is 39.4. The van der Waals surface area contributed by atoms with Gasteiger partial charge in [-0.3, -0.25) is 0 Å². The highest BCUT2D eigenvalue weighted by atomic mass is 31.2. The lowest BCUT2D eigenvalue weighted by Crippen LogP contribution is -2.39. The van der Waals surface area contributed by atoms with Gasteiger partial charge in [0, 0.05) is 109 Å². The maximum atomic E-state index is 13.5. The summed E-state index contributed by atoms with van der Waals surface area (Å²) in [5.41, 5.74) is 0. The zero-order valence-corrected chi connectivity index (χ0v) is 105. The molecule has 0 aromatic carbocycles. The van der Waals surface area contributed by atoms with E-state index in [1.54, 1.807) is 13.8 Å². The highest BCUT2D eigenvalue weighted by Gasteiger charge is 2.38. The van der Waals surface area contributed by atoms with E-state index in [4.69, 9.17) is 169 Å². The molecule has 12 radical (unpaired) electrons. The summed E-state index contributed by atoms with van der Waals surface area (Å²) < 4.78 is 171. The molecule has 46 heteroatoms. The topological polar surface area (TPSA) is 212 Å². The molecule has 0 bridgehead atoms. The van der Waals surface area contributed by atoms with E-state index in [2.05, 4.69) is 279 Å². The number of alkyl halides is 4. The van der Waals surface area contributed by atoms with E-state index in [-0.39, 0.29) is 137 Å². The molecule has 0 amide bonds. The van der Waals surface area contributed by atoms with E-state index in [0.29, 0.717) is 90.2 Å². The zero-order valence-electron chi connectivity index (χ0n) is 100. The predicted octanol–water partition coefficient (Wildman–Crippen LogP) is 26.4. The van der Waals surface area contributed by atoms with Crippen molar-refractivity contribution in [2.75, 3.05) is 105 Å². The minimum Gasteiger partial charge on any atom is -0.382 e. The Morgan fingerprint density at radius 1 is 0.221 bits per heavy atom. The first kappa shape index (κ1) is 161. The normalized spacial score (nSPS) is 16.8. The van der Waals surface area contributed by atoms with Crippen LogP contribution in [0.1, 0.15) is 336 Å². The first-order valence-electron chi connectivity index (χ1n) is 53.8. The molecule has 149 heavy (non-hydrogen) atoms. The molecule has 0 spiro atoms. The molecule has 0 saturated heterocycles. The molecule has 12 unspecified atom stereocenters. The Labute approximate surface area is 924 Å². The Morgan fingerprint density at radius 3 is 0.497 bits per heavy atom. The third-order valence-corrected chi connectivity index (χ3v) is 33.5. The van der Waals surface area contributed by atoms with Crippen molar-refractivity contribution in [2.45, 2.75) is 518 Å². The molecule has 30 nitrogen and oxygen atoms in total. The molecule has 0 heterocycles. The highest BCUT2D eigenvalue weighted by molar-refractivity contribution is 7.46. The number of ether oxygens (including phenoxy) is 6. The summed E-state index contributed by atoms with van der Waals surface area (Å²) in [4.78, 5) is 19.9. The summed E-state index contributed by atoms with van der Waals surface area (Å²) in [6.45, 7) is 130. The van der Waals surface area contributed by atoms with Crippen LogP contribution in [-0.2, 0) is 82.7 Å². The van der Waals surface area contributed by atoms with Crippen molar-refractivity contribution in [1.82, 2.24) is 28.0 Å². The molecule has 0 rings (SSSR count). The standard InChI is InChI=1S/2C17H33BFN2O3P.2C17H34BN2O3P.2C16H31BFN2O3P.C3H8/c2*1-9-16(14(6)19)23-17(18)15(7)24-25(22-11-10-20-8)21(12(2)3)13(4)5;2*1-9-16(13(2)3)23-17(18)12-22-24(21-11-10-19-8)20(14(4)5)15(6)7;2*1-8-15(14(6)18)23-16(17)11-22-24(21-10-9-19-7)20(12(2)3)13(4)5;1-3-2/h2*12-17H,9-11H2,1-7H3;2*13-17H,9-12H2,1-7H3;2*12-16H,8-11H2,1-6H3;3H2,1-2H3/t14-,15+,16+,17?,25?;14-,15+,16-,17?,25?;2*16-,17?,24?;14-,15+,16?,24?;14-,15-,16?,24?;/m011101./s1. The Balaban J connectivity index is -0.000000323. The smallest absolute Gasteiger partial charge is 0.259 e. The maximum Gasteiger partial charge on any atom is 0.259 e. The number of rotatable bonds is 78. The van der Waals surface area contributed by atoms with Crippen molar-refractivity contribution >= 4 is 98.2 Å². The van der Waals surface area contributed by atoms with Gasteiger partial charge in [0.05, 0.1) is 75.3 Å². The van der Waals surface area contributed by atoms with Crippen LogP contribution < -0.4 is 0 Å². The molecule has 0 N–H and O–H groups in total. The molecule has 24 atom stereocenters. The van der Waals surface area contributed by atoms with Crippen molar-refractivity contribution in [1.29, 1.82) is 0 Å². The van der Waals surface area contributed by atoms with E-state index in [9.17, 15) is 17.6 Å². The number of halogens is 4. The van der Waals surface area contributed by atoms with Crippen LogP contribution >= 0.6 is 51.2 Å². The Morgan fingerprint density at radius 2 is 0.362 bits per heavy atom. The zero-order chi connectivity index (χ0) is 117. The average molecular weight is 2230 g/mol. The van der Waals surface area contributed by atoms with Gasteiger partial charge >= 0.3 is 0 Å². The summed E-state index contributed by atoms with van der Waals surface area (Å²) in [5.74, 6) is 0.834. The summed E-state index contributed by atoms with van der Waals surface area (Å²) >= 11 is 0. The van der Waals surface area contributed by atoms with Crippen molar-refractivity contribution < 1.29 is 100 Å². The SMILES string of the molecule is CCC.[B]C(COP(OCC[N+]#[C-])N(C(C)C)C(C)C)O[C@H](CC)C(C)C.[B]C(COP(OCC[N+]#[C-])N(C(C)C)C(C)C)O[C@H](CC)C(C)C.[B]C(COP(OCC[N+]#[C-])N(C(C)C)C(C)C)O[C@H](CC)[C@@H](C)F.[B]C(COP(OCC[N+]#[C-])N(C(C)C)C(C)C)O[C@H](CC)[C@H](C)F.[B]C(O[C@H](CC)[C@@H](C)F)[C@H](C)OP(OCC[N+]#[C-])N(C(C)C)C(C)C.[B]C(O[C@H](CC)[C@H](C)F)[C@@H](C)OP(OCC[N+]#[C-])N(C(C)C)C(C)C. The van der Waals surface area contributed by atoms with Crippen LogP contribution in [0.3, 0.4) is 0 Å². The molecule has 0 aromatic rings. The fourth-order valence-electron chi connectivity index (χ4n) is 14.0. The second-order valence-corrected chi connectivity index (χ2v) is 48.0. The first-order chi connectivity index (χ1) is 69.7. The van der Waals surface area contributed by atoms with Gasteiger partial charge < -0.3 is 112 Å². The molecular weight excluding hydrogens is 2020 g/mol. The average Bonchev–Trinajstić information content (AvgIpc) is 0.846. The molecular formula is C103H204B6F4N12O18P6. The lowest BCUT2D eigenvalue weighted by Gasteiger charge is -2.38. The van der Waals surface area contributed by atoms with Gasteiger partial charge in [0.1, 0.15) is 111 Å². The molecule has 0 fully saturated rings. The summed E-state index contributed by atoms with van der Waals surface area (Å²) in [6, 6.07) is -1.09. The van der Waals surface area contributed by atoms with Gasteiger partial charge in [-0.1, -0.05) is 89.5 Å². The molecule has 0 aliphatic carbocycles. The minimum absolute atomic E-state index is 0.114. The summed E-state index contributed by atoms with van der Waals surface area (Å²) in [7, 11) is 28.1. The fourth-order valence-corrected chi connectivity index (χ4v) is 23.8. The highest BCUT2D eigenvalue weighted by Crippen LogP contribution is 2.52. The number of hydrogen-bond donors (Lipinski definition) is 0. The molecule has 0 aliphatic heterocycles. The van der Waals surface area contributed by atoms with Crippen LogP contribution in [0.25, 0.3) is 29.1 Å². The van der Waals surface area contributed by atoms with Crippen LogP contribution in [0, 0.1) is 51.3 Å². The summed E-state index contributed by atoms with van der Waals surface area (Å²) in [5, 5.41) is 0. The van der Waals surface area contributed by atoms with E-state index in [0.717, 1.165) is 12.8 Å². The third-order valence-electron chi connectivity index (χ3n) is 20.8. The van der Waals surface area contributed by atoms with Crippen LogP contribution in [-0.4, -0.2) is 362 Å². The van der Waals surface area contributed by atoms with Gasteiger partial charge in [-0.15, -0.1) is 0 Å². The Bertz CT molecular complexity index is 2970. The van der Waals surface area contributed by atoms with Crippen LogP contribution in [0.4, 0.5) is 17.6 Å². The van der Waals surface area contributed by atoms with E-state index in [1.165, 1.54) is 34.1 Å². The van der Waals surface area contributed by atoms with Gasteiger partial charge in [-0.05, 0) is 258 Å². The maximum absolute atomic E-state index is 13.5. The Hall–Kier alpha value is -1.33. The van der Waals surface area contributed by atoms with E-state index >= 15 is 0 Å². The largest absolute Gasteiger partial charge is 0.382 e. The lowest BCUT2D eigenvalue weighted by atomic mass is 9.94. The monoisotopic (exact) mass is 2230 g/mol. The molecule has 0 saturated carbocycles. The molecule has 860 valence electrons. The van der Waals surface area contributed by atoms with Gasteiger partial charge in [-0.25, -0.2) is 85.0 Å². The van der Waals surface area contributed by atoms with E-state index in [1.807, 2.05) is 27.7 Å². The van der Waals surface area contributed by atoms with E-state index < -0.39 is 148 Å².